The molecule has 0 spiro atoms. The van der Waals surface area contributed by atoms with Crippen molar-refractivity contribution in [2.75, 3.05) is 13.1 Å². The zero-order chi connectivity index (χ0) is 20.7. The number of nitrogens with one attached hydrogen (secondary N) is 1. The van der Waals surface area contributed by atoms with E-state index in [0.29, 0.717) is 43.2 Å². The number of amides is 2. The van der Waals surface area contributed by atoms with Crippen LogP contribution in [0.2, 0.25) is 0 Å². The van der Waals surface area contributed by atoms with Gasteiger partial charge in [-0.2, -0.15) is 0 Å². The average Bonchev–Trinajstić information content (AvgIpc) is 3.49. The second-order valence-corrected chi connectivity index (χ2v) is 9.61. The zero-order valence-corrected chi connectivity index (χ0v) is 17.7. The normalized spacial score (nSPS) is 24.7. The Morgan fingerprint density at radius 1 is 1.00 bits per heavy atom. The monoisotopic (exact) mass is 412 g/mol. The Hall–Kier alpha value is -2.18. The van der Waals surface area contributed by atoms with Gasteiger partial charge in [0.25, 0.3) is 5.56 Å². The van der Waals surface area contributed by atoms with Gasteiger partial charge in [0, 0.05) is 31.0 Å². The second kappa shape index (κ2) is 8.16. The molecule has 2 aliphatic carbocycles. The number of hydrogen-bond acceptors (Lipinski definition) is 4. The standard InChI is InChI=1S/C23H32N4O3/c28-20(13-15-5-1-2-6-15)27-11-4-3-7-19(27)21-24-18-14-26(23(30)16-8-9-16)12-10-17(18)22(29)25-21/h15-16,19H,1-14H2,(H,24,25,29). The summed E-state index contributed by atoms with van der Waals surface area (Å²) in [6, 6.07) is -0.153. The van der Waals surface area contributed by atoms with Crippen molar-refractivity contribution in [2.24, 2.45) is 11.8 Å². The van der Waals surface area contributed by atoms with Crippen LogP contribution in [0.1, 0.15) is 87.3 Å². The summed E-state index contributed by atoms with van der Waals surface area (Å²) < 4.78 is 0. The minimum absolute atomic E-state index is 0.0951. The van der Waals surface area contributed by atoms with E-state index in [4.69, 9.17) is 4.98 Å². The third-order valence-corrected chi connectivity index (χ3v) is 7.41. The van der Waals surface area contributed by atoms with Crippen LogP contribution >= 0.6 is 0 Å². The molecule has 7 nitrogen and oxygen atoms in total. The lowest BCUT2D eigenvalue weighted by Crippen LogP contribution is -2.43. The van der Waals surface area contributed by atoms with Gasteiger partial charge >= 0.3 is 0 Å². The zero-order valence-electron chi connectivity index (χ0n) is 17.7. The first-order chi connectivity index (χ1) is 14.6. The van der Waals surface area contributed by atoms with Crippen molar-refractivity contribution in [2.45, 2.75) is 83.2 Å². The summed E-state index contributed by atoms with van der Waals surface area (Å²) in [5.74, 6) is 1.71. The highest BCUT2D eigenvalue weighted by atomic mass is 16.2. The fourth-order valence-electron chi connectivity index (χ4n) is 5.49. The minimum atomic E-state index is -0.153. The van der Waals surface area contributed by atoms with Gasteiger partial charge in [-0.3, -0.25) is 14.4 Å². The van der Waals surface area contributed by atoms with Crippen LogP contribution in [0.3, 0.4) is 0 Å². The van der Waals surface area contributed by atoms with Gasteiger partial charge in [0.1, 0.15) is 5.82 Å². The molecule has 0 radical (unpaired) electrons. The van der Waals surface area contributed by atoms with Gasteiger partial charge in [-0.25, -0.2) is 4.98 Å². The number of nitrogens with zero attached hydrogens (tertiary/aromatic N) is 3. The van der Waals surface area contributed by atoms with Gasteiger partial charge in [-0.1, -0.05) is 12.8 Å². The highest BCUT2D eigenvalue weighted by Gasteiger charge is 2.36. The summed E-state index contributed by atoms with van der Waals surface area (Å²) in [7, 11) is 0. The first-order valence-electron chi connectivity index (χ1n) is 11.8. The van der Waals surface area contributed by atoms with Gasteiger partial charge < -0.3 is 14.8 Å². The highest BCUT2D eigenvalue weighted by Crippen LogP contribution is 2.34. The van der Waals surface area contributed by atoms with E-state index >= 15 is 0 Å². The topological polar surface area (TPSA) is 86.4 Å². The van der Waals surface area contributed by atoms with E-state index in [1.54, 1.807) is 0 Å². The van der Waals surface area contributed by atoms with Crippen molar-refractivity contribution < 1.29 is 9.59 Å². The van der Waals surface area contributed by atoms with E-state index in [1.807, 2.05) is 9.80 Å². The molecule has 0 aromatic carbocycles. The summed E-state index contributed by atoms with van der Waals surface area (Å²) in [6.45, 7) is 1.76. The number of carbonyl (C=O) groups is 2. The minimum Gasteiger partial charge on any atom is -0.336 e. The van der Waals surface area contributed by atoms with Crippen LogP contribution in [0, 0.1) is 11.8 Å². The third kappa shape index (κ3) is 3.91. The molecule has 2 amide bonds. The van der Waals surface area contributed by atoms with E-state index in [0.717, 1.165) is 57.2 Å². The summed E-state index contributed by atoms with van der Waals surface area (Å²) in [6.07, 6.45) is 10.8. The molecule has 2 aliphatic heterocycles. The number of piperidine rings is 1. The maximum Gasteiger partial charge on any atom is 0.254 e. The number of fused-ring (bicyclic) bond motifs is 1. The molecule has 2 saturated carbocycles. The number of aromatic amines is 1. The van der Waals surface area contributed by atoms with Crippen LogP contribution < -0.4 is 5.56 Å². The first-order valence-corrected chi connectivity index (χ1v) is 11.8. The lowest BCUT2D eigenvalue weighted by molar-refractivity contribution is -0.136. The highest BCUT2D eigenvalue weighted by molar-refractivity contribution is 5.81. The van der Waals surface area contributed by atoms with Crippen molar-refractivity contribution >= 4 is 11.8 Å². The van der Waals surface area contributed by atoms with Crippen molar-refractivity contribution in [3.8, 4) is 0 Å². The van der Waals surface area contributed by atoms with Crippen molar-refractivity contribution in [3.63, 3.8) is 0 Å². The van der Waals surface area contributed by atoms with Crippen LogP contribution in [-0.4, -0.2) is 44.7 Å². The molecule has 30 heavy (non-hydrogen) atoms. The van der Waals surface area contributed by atoms with Gasteiger partial charge in [0.05, 0.1) is 18.3 Å². The van der Waals surface area contributed by atoms with E-state index in [-0.39, 0.29) is 29.3 Å². The van der Waals surface area contributed by atoms with Gasteiger partial charge in [-0.15, -0.1) is 0 Å². The summed E-state index contributed by atoms with van der Waals surface area (Å²) in [5, 5.41) is 0. The molecule has 1 unspecified atom stereocenters. The van der Waals surface area contributed by atoms with E-state index in [9.17, 15) is 14.4 Å². The van der Waals surface area contributed by atoms with Crippen LogP contribution in [0.25, 0.3) is 0 Å². The molecule has 7 heteroatoms. The molecule has 0 bridgehead atoms. The molecule has 1 aromatic heterocycles. The number of H-pyrrole nitrogens is 1. The molecular weight excluding hydrogens is 380 g/mol. The smallest absolute Gasteiger partial charge is 0.254 e. The molecule has 5 rings (SSSR count). The molecule has 1 saturated heterocycles. The predicted octanol–water partition coefficient (Wildman–Crippen LogP) is 2.70. The SMILES string of the molecule is O=C(C1CC1)N1CCc2c(nc(C3CCCCN3C(=O)CC3CCCC3)[nH]c2=O)C1. The van der Waals surface area contributed by atoms with E-state index < -0.39 is 0 Å². The van der Waals surface area contributed by atoms with Gasteiger partial charge in [0.15, 0.2) is 0 Å². The number of carbonyl (C=O) groups excluding carboxylic acids is 2. The van der Waals surface area contributed by atoms with Gasteiger partial charge in [-0.05, 0) is 57.3 Å². The Morgan fingerprint density at radius 3 is 2.53 bits per heavy atom. The van der Waals surface area contributed by atoms with Crippen LogP contribution in [0.5, 0.6) is 0 Å². The molecule has 4 aliphatic rings. The van der Waals surface area contributed by atoms with E-state index in [1.165, 1.54) is 12.8 Å². The average molecular weight is 413 g/mol. The second-order valence-electron chi connectivity index (χ2n) is 9.61. The van der Waals surface area contributed by atoms with Crippen LogP contribution in [-0.2, 0) is 22.6 Å². The molecule has 3 heterocycles. The molecule has 162 valence electrons. The Kier molecular flexibility index (Phi) is 5.37. The fraction of sp³-hybridized carbons (Fsp3) is 0.739. The summed E-state index contributed by atoms with van der Waals surface area (Å²) in [5.41, 5.74) is 1.34. The molecule has 3 fully saturated rings. The molecule has 1 aromatic rings. The molecule has 1 N–H and O–H groups in total. The third-order valence-electron chi connectivity index (χ3n) is 7.41. The molecular formula is C23H32N4O3. The molecule has 1 atom stereocenters. The summed E-state index contributed by atoms with van der Waals surface area (Å²) >= 11 is 0. The lowest BCUT2D eigenvalue weighted by Gasteiger charge is -2.36. The largest absolute Gasteiger partial charge is 0.336 e. The van der Waals surface area contributed by atoms with Gasteiger partial charge in [0.2, 0.25) is 11.8 Å². The fourth-order valence-corrected chi connectivity index (χ4v) is 5.49. The Labute approximate surface area is 177 Å². The quantitative estimate of drug-likeness (QED) is 0.824. The Balaban J connectivity index is 1.37. The van der Waals surface area contributed by atoms with Crippen LogP contribution in [0.15, 0.2) is 4.79 Å². The first kappa shape index (κ1) is 19.8. The maximum atomic E-state index is 13.1. The number of rotatable bonds is 4. The van der Waals surface area contributed by atoms with Crippen molar-refractivity contribution in [3.05, 3.63) is 27.4 Å². The summed E-state index contributed by atoms with van der Waals surface area (Å²) in [4.78, 5) is 50.0. The predicted molar refractivity (Wildman–Crippen MR) is 112 cm³/mol. The Bertz CT molecular complexity index is 885. The van der Waals surface area contributed by atoms with Crippen molar-refractivity contribution in [1.82, 2.24) is 19.8 Å². The van der Waals surface area contributed by atoms with Crippen LogP contribution in [0.4, 0.5) is 0 Å². The van der Waals surface area contributed by atoms with Crippen molar-refractivity contribution in [1.29, 1.82) is 0 Å². The Morgan fingerprint density at radius 2 is 1.77 bits per heavy atom. The number of hydrogen-bond donors (Lipinski definition) is 1. The lowest BCUT2D eigenvalue weighted by atomic mass is 9.97. The maximum absolute atomic E-state index is 13.1. The van der Waals surface area contributed by atoms with E-state index in [2.05, 4.69) is 4.98 Å². The number of likely N-dealkylation sites (tertiary alicyclic amines) is 1. The number of aromatic nitrogens is 2.